The molecule has 0 amide bonds. The molecule has 4 aromatic rings. The summed E-state index contributed by atoms with van der Waals surface area (Å²) in [5.74, 6) is 2.57. The molecule has 0 N–H and O–H groups in total. The molecule has 38 heavy (non-hydrogen) atoms. The fourth-order valence-electron chi connectivity index (χ4n) is 3.96. The molecule has 0 spiro atoms. The van der Waals surface area contributed by atoms with E-state index in [0.29, 0.717) is 0 Å². The summed E-state index contributed by atoms with van der Waals surface area (Å²) in [5, 5.41) is 0. The molecule has 0 aliphatic rings. The Morgan fingerprint density at radius 3 is 0.895 bits per heavy atom. The first-order valence-corrected chi connectivity index (χ1v) is 16.9. The molecule has 4 rings (SSSR count). The van der Waals surface area contributed by atoms with Crippen molar-refractivity contribution in [3.63, 3.8) is 0 Å². The third-order valence-electron chi connectivity index (χ3n) is 5.52. The van der Waals surface area contributed by atoms with Gasteiger partial charge in [-0.1, -0.05) is 0 Å². The zero-order valence-corrected chi connectivity index (χ0v) is 23.5. The van der Waals surface area contributed by atoms with Gasteiger partial charge in [-0.15, -0.1) is 0 Å². The molecular formula is C27H26AsF6O3P. The van der Waals surface area contributed by atoms with Crippen LogP contribution in [0.15, 0.2) is 103 Å². The molecule has 0 bridgehead atoms. The Bertz CT molecular complexity index is 1200. The predicted octanol–water partition coefficient (Wildman–Crippen LogP) is 6.47. The maximum absolute atomic E-state index is 10.7. The van der Waals surface area contributed by atoms with E-state index in [1.165, 1.54) is 17.4 Å². The minimum absolute atomic E-state index is 0.856. The average molecular weight is 618 g/mol. The van der Waals surface area contributed by atoms with Gasteiger partial charge in [0.2, 0.25) is 0 Å². The first-order chi connectivity index (χ1) is 17.7. The predicted molar refractivity (Wildman–Crippen MR) is 143 cm³/mol. The fraction of sp³-hybridized carbons (Fsp3) is 0.111. The molecule has 0 unspecified atom stereocenters. The molecule has 0 radical (unpaired) electrons. The molecule has 0 fully saturated rings. The average Bonchev–Trinajstić information content (AvgIpc) is 2.89. The molecule has 11 heteroatoms. The molecule has 0 saturated carbocycles. The van der Waals surface area contributed by atoms with Crippen LogP contribution in [0.5, 0.6) is 17.2 Å². The molecule has 0 saturated heterocycles. The molecule has 204 valence electrons. The van der Waals surface area contributed by atoms with Crippen LogP contribution in [0.1, 0.15) is 0 Å². The number of ether oxygens (including phenoxy) is 3. The zero-order valence-electron chi connectivity index (χ0n) is 20.7. The van der Waals surface area contributed by atoms with Crippen molar-refractivity contribution in [1.29, 1.82) is 0 Å². The van der Waals surface area contributed by atoms with Crippen LogP contribution in [0.3, 0.4) is 0 Å². The van der Waals surface area contributed by atoms with E-state index in [1.54, 1.807) is 21.3 Å². The van der Waals surface area contributed by atoms with Crippen molar-refractivity contribution in [2.24, 2.45) is 0 Å². The number of rotatable bonds is 7. The Balaban J connectivity index is 0.000000505. The van der Waals surface area contributed by atoms with Gasteiger partial charge < -0.3 is 0 Å². The summed E-state index contributed by atoms with van der Waals surface area (Å²) in [6.45, 7) is 0. The second-order valence-corrected chi connectivity index (χ2v) is 17.1. The van der Waals surface area contributed by atoms with Gasteiger partial charge in [-0.05, 0) is 0 Å². The van der Waals surface area contributed by atoms with E-state index in [0.717, 1.165) is 17.2 Å². The van der Waals surface area contributed by atoms with E-state index < -0.39 is 21.4 Å². The first-order valence-electron chi connectivity index (χ1n) is 11.1. The first kappa shape index (κ1) is 29.4. The van der Waals surface area contributed by atoms with Crippen LogP contribution in [0.2, 0.25) is 0 Å². The molecule has 0 aromatic heterocycles. The van der Waals surface area contributed by atoms with E-state index in [9.17, 15) is 25.2 Å². The second kappa shape index (κ2) is 10.5. The van der Waals surface area contributed by atoms with Gasteiger partial charge in [0, 0.05) is 0 Å². The van der Waals surface area contributed by atoms with Crippen molar-refractivity contribution in [2.45, 2.75) is 0 Å². The van der Waals surface area contributed by atoms with Gasteiger partial charge in [0.25, 0.3) is 0 Å². The second-order valence-electron chi connectivity index (χ2n) is 8.06. The zero-order chi connectivity index (χ0) is 28.1. The Morgan fingerprint density at radius 2 is 0.658 bits per heavy atom. The number of hydrogen-bond acceptors (Lipinski definition) is 3. The summed E-state index contributed by atoms with van der Waals surface area (Å²) >= 11 is -3.06. The van der Waals surface area contributed by atoms with Crippen LogP contribution >= 0.6 is 7.81 Å². The van der Waals surface area contributed by atoms with Crippen molar-refractivity contribution in [3.05, 3.63) is 103 Å². The fourth-order valence-corrected chi connectivity index (χ4v) is 12.8. The molecule has 4 aromatic carbocycles. The van der Waals surface area contributed by atoms with Gasteiger partial charge in [0.1, 0.15) is 0 Å². The Kier molecular flexibility index (Phi) is 8.16. The Hall–Kier alpha value is -3.15. The van der Waals surface area contributed by atoms with E-state index in [4.69, 9.17) is 14.2 Å². The van der Waals surface area contributed by atoms with Gasteiger partial charge in [0.15, 0.2) is 0 Å². The summed E-state index contributed by atoms with van der Waals surface area (Å²) in [6.07, 6.45) is 0. The SMILES string of the molecule is COc1ccc([As+](c2ccccc2)(c2ccc(OC)cc2)c2ccc(OC)cc2)cc1.F[P-](F)(F)(F)(F)F. The van der Waals surface area contributed by atoms with E-state index in [2.05, 4.69) is 103 Å². The number of benzene rings is 4. The van der Waals surface area contributed by atoms with E-state index in [-0.39, 0.29) is 0 Å². The van der Waals surface area contributed by atoms with Crippen LogP contribution in [0.25, 0.3) is 0 Å². The third kappa shape index (κ3) is 7.92. The van der Waals surface area contributed by atoms with Crippen LogP contribution in [-0.2, 0) is 0 Å². The van der Waals surface area contributed by atoms with Gasteiger partial charge in [-0.25, -0.2) is 0 Å². The van der Waals surface area contributed by atoms with Gasteiger partial charge in [-0.2, -0.15) is 0 Å². The molecular weight excluding hydrogens is 592 g/mol. The quantitative estimate of drug-likeness (QED) is 0.135. The van der Waals surface area contributed by atoms with Crippen molar-refractivity contribution < 1.29 is 39.4 Å². The molecule has 0 heterocycles. The van der Waals surface area contributed by atoms with Gasteiger partial charge >= 0.3 is 220 Å². The Morgan fingerprint density at radius 1 is 0.421 bits per heavy atom. The molecule has 0 aliphatic heterocycles. The standard InChI is InChI=1S/C27H26AsO3.F6P/c1-29-25-15-9-22(10-16-25)28(21-7-5-4-6-8-21,23-11-17-26(30-2)18-12-23)24-13-19-27(31-3)20-14-24;1-7(2,3,4,5)6/h4-20H,1-3H3;/q+1;-1. The summed E-state index contributed by atoms with van der Waals surface area (Å²) < 4.78 is 80.8. The van der Waals surface area contributed by atoms with Crippen LogP contribution < -0.4 is 31.6 Å². The number of hydrogen-bond donors (Lipinski definition) is 0. The molecule has 3 nitrogen and oxygen atoms in total. The van der Waals surface area contributed by atoms with Crippen molar-refractivity contribution in [1.82, 2.24) is 0 Å². The van der Waals surface area contributed by atoms with Crippen LogP contribution in [0, 0.1) is 0 Å². The number of methoxy groups -OCH3 is 3. The summed E-state index contributed by atoms with van der Waals surface area (Å²) in [7, 11) is -5.55. The molecule has 0 atom stereocenters. The topological polar surface area (TPSA) is 27.7 Å². The summed E-state index contributed by atoms with van der Waals surface area (Å²) in [6, 6.07) is 36.5. The third-order valence-corrected chi connectivity index (χ3v) is 14.5. The summed E-state index contributed by atoms with van der Waals surface area (Å²) in [4.78, 5) is 0. The van der Waals surface area contributed by atoms with Crippen molar-refractivity contribution >= 4 is 38.8 Å². The van der Waals surface area contributed by atoms with Gasteiger partial charge in [-0.3, -0.25) is 0 Å². The maximum atomic E-state index is 9.87. The van der Waals surface area contributed by atoms with Crippen molar-refractivity contribution in [3.8, 4) is 17.2 Å². The van der Waals surface area contributed by atoms with Gasteiger partial charge in [0.05, 0.1) is 0 Å². The minimum atomic E-state index is -10.7. The summed E-state index contributed by atoms with van der Waals surface area (Å²) in [5.41, 5.74) is 0. The normalized spacial score (nSPS) is 13.3. The Labute approximate surface area is 219 Å². The van der Waals surface area contributed by atoms with E-state index in [1.807, 2.05) is 0 Å². The van der Waals surface area contributed by atoms with Crippen LogP contribution in [0.4, 0.5) is 25.2 Å². The monoisotopic (exact) mass is 618 g/mol. The molecule has 0 aliphatic carbocycles. The van der Waals surface area contributed by atoms with Crippen LogP contribution in [-0.4, -0.2) is 34.9 Å². The van der Waals surface area contributed by atoms with Crippen molar-refractivity contribution in [2.75, 3.05) is 21.3 Å². The number of halogens is 6. The van der Waals surface area contributed by atoms with E-state index >= 15 is 0 Å².